The summed E-state index contributed by atoms with van der Waals surface area (Å²) in [6.07, 6.45) is 6.05. The van der Waals surface area contributed by atoms with Crippen molar-refractivity contribution in [1.29, 1.82) is 0 Å². The van der Waals surface area contributed by atoms with Crippen LogP contribution in [0.25, 0.3) is 0 Å². The molecule has 1 atom stereocenters. The summed E-state index contributed by atoms with van der Waals surface area (Å²) in [5, 5.41) is 4.49. The first-order chi connectivity index (χ1) is 10.2. The smallest absolute Gasteiger partial charge is 0.123 e. The van der Waals surface area contributed by atoms with Crippen LogP contribution in [0, 0.1) is 0 Å². The number of hydrogen-bond donors (Lipinski definition) is 0. The Labute approximate surface area is 128 Å². The summed E-state index contributed by atoms with van der Waals surface area (Å²) < 4.78 is 12.0. The van der Waals surface area contributed by atoms with Crippen LogP contribution < -0.4 is 14.8 Å². The molecule has 1 spiro atoms. The number of rotatable bonds is 5. The van der Waals surface area contributed by atoms with Crippen LogP contribution in [0.4, 0.5) is 0 Å². The first-order valence-corrected chi connectivity index (χ1v) is 8.31. The van der Waals surface area contributed by atoms with E-state index in [1.165, 1.54) is 18.4 Å². The standard InChI is InChI=1S/C18H26NO2/c1-3-4-5-14(2)21-15-6-7-17-16(12-15)18(13-20-17)8-10-19-11-9-18/h6-7,12,14H,3-5,8-11,13H2,1-2H3. The van der Waals surface area contributed by atoms with Crippen LogP contribution in [0.3, 0.4) is 0 Å². The van der Waals surface area contributed by atoms with Gasteiger partial charge in [0.15, 0.2) is 0 Å². The molecule has 3 heteroatoms. The van der Waals surface area contributed by atoms with Crippen molar-refractivity contribution < 1.29 is 9.47 Å². The van der Waals surface area contributed by atoms with E-state index in [-0.39, 0.29) is 11.5 Å². The van der Waals surface area contributed by atoms with Crippen LogP contribution in [0.2, 0.25) is 0 Å². The maximum atomic E-state index is 6.10. The highest BCUT2D eigenvalue weighted by molar-refractivity contribution is 5.48. The van der Waals surface area contributed by atoms with Crippen LogP contribution in [0.15, 0.2) is 18.2 Å². The van der Waals surface area contributed by atoms with E-state index in [2.05, 4.69) is 31.3 Å². The highest BCUT2D eigenvalue weighted by atomic mass is 16.5. The zero-order chi connectivity index (χ0) is 14.7. The Morgan fingerprint density at radius 3 is 2.90 bits per heavy atom. The van der Waals surface area contributed by atoms with Gasteiger partial charge in [0.2, 0.25) is 0 Å². The van der Waals surface area contributed by atoms with E-state index in [0.717, 1.165) is 50.5 Å². The lowest BCUT2D eigenvalue weighted by Gasteiger charge is -2.32. The molecule has 1 aromatic carbocycles. The van der Waals surface area contributed by atoms with Gasteiger partial charge in [-0.3, -0.25) is 0 Å². The molecule has 21 heavy (non-hydrogen) atoms. The molecule has 1 fully saturated rings. The molecule has 1 aromatic rings. The van der Waals surface area contributed by atoms with E-state index in [0.29, 0.717) is 0 Å². The summed E-state index contributed by atoms with van der Waals surface area (Å²) in [6.45, 7) is 7.11. The molecule has 3 nitrogen and oxygen atoms in total. The second-order valence-corrected chi connectivity index (χ2v) is 6.47. The average molecular weight is 288 g/mol. The molecule has 0 bridgehead atoms. The number of fused-ring (bicyclic) bond motifs is 2. The number of piperidine rings is 1. The molecule has 1 unspecified atom stereocenters. The van der Waals surface area contributed by atoms with E-state index in [1.807, 2.05) is 6.07 Å². The maximum Gasteiger partial charge on any atom is 0.123 e. The number of ether oxygens (including phenoxy) is 2. The minimum atomic E-state index is 0.184. The van der Waals surface area contributed by atoms with Gasteiger partial charge in [-0.15, -0.1) is 0 Å². The van der Waals surface area contributed by atoms with Crippen molar-refractivity contribution in [3.8, 4) is 11.5 Å². The molecule has 3 rings (SSSR count). The summed E-state index contributed by atoms with van der Waals surface area (Å²) in [4.78, 5) is 0. The normalized spacial score (nSPS) is 20.9. The van der Waals surface area contributed by atoms with Crippen molar-refractivity contribution in [1.82, 2.24) is 5.32 Å². The largest absolute Gasteiger partial charge is 0.492 e. The summed E-state index contributed by atoms with van der Waals surface area (Å²) in [5.41, 5.74) is 1.53. The van der Waals surface area contributed by atoms with Crippen molar-refractivity contribution in [3.63, 3.8) is 0 Å². The molecule has 2 aliphatic rings. The van der Waals surface area contributed by atoms with Gasteiger partial charge in [0.25, 0.3) is 0 Å². The SMILES string of the molecule is CCCCC(C)Oc1ccc2c(c1)C1(CC[N]CC1)CO2. The molecule has 2 aliphatic heterocycles. The van der Waals surface area contributed by atoms with Crippen molar-refractivity contribution in [3.05, 3.63) is 23.8 Å². The zero-order valence-corrected chi connectivity index (χ0v) is 13.2. The fourth-order valence-electron chi connectivity index (χ4n) is 3.44. The molecule has 0 amide bonds. The Morgan fingerprint density at radius 2 is 2.14 bits per heavy atom. The van der Waals surface area contributed by atoms with Crippen LogP contribution >= 0.6 is 0 Å². The summed E-state index contributed by atoms with van der Waals surface area (Å²) in [7, 11) is 0. The third kappa shape index (κ3) is 3.03. The van der Waals surface area contributed by atoms with E-state index >= 15 is 0 Å². The fourth-order valence-corrected chi connectivity index (χ4v) is 3.44. The Bertz CT molecular complexity index is 475. The third-order valence-corrected chi connectivity index (χ3v) is 4.82. The van der Waals surface area contributed by atoms with Crippen LogP contribution in [-0.2, 0) is 5.41 Å². The maximum absolute atomic E-state index is 6.10. The lowest BCUT2D eigenvalue weighted by atomic mass is 9.75. The summed E-state index contributed by atoms with van der Waals surface area (Å²) in [6, 6.07) is 6.35. The van der Waals surface area contributed by atoms with Gasteiger partial charge in [0, 0.05) is 24.1 Å². The minimum Gasteiger partial charge on any atom is -0.492 e. The van der Waals surface area contributed by atoms with Gasteiger partial charge in [-0.05, 0) is 44.4 Å². The van der Waals surface area contributed by atoms with E-state index in [9.17, 15) is 0 Å². The van der Waals surface area contributed by atoms with Gasteiger partial charge in [0.05, 0.1) is 12.7 Å². The predicted octanol–water partition coefficient (Wildman–Crippen LogP) is 3.67. The Hall–Kier alpha value is -1.22. The summed E-state index contributed by atoms with van der Waals surface area (Å²) >= 11 is 0. The molecule has 1 saturated heterocycles. The Balaban J connectivity index is 1.75. The van der Waals surface area contributed by atoms with Gasteiger partial charge in [-0.25, -0.2) is 5.32 Å². The van der Waals surface area contributed by atoms with Gasteiger partial charge >= 0.3 is 0 Å². The lowest BCUT2D eigenvalue weighted by molar-refractivity contribution is 0.206. The van der Waals surface area contributed by atoms with Gasteiger partial charge in [-0.1, -0.05) is 19.8 Å². The predicted molar refractivity (Wildman–Crippen MR) is 84.3 cm³/mol. The number of hydrogen-bond acceptors (Lipinski definition) is 2. The summed E-state index contributed by atoms with van der Waals surface area (Å²) in [5.74, 6) is 2.04. The fraction of sp³-hybridized carbons (Fsp3) is 0.667. The Morgan fingerprint density at radius 1 is 1.33 bits per heavy atom. The molecule has 1 radical (unpaired) electrons. The monoisotopic (exact) mass is 288 g/mol. The van der Waals surface area contributed by atoms with Crippen molar-refractivity contribution >= 4 is 0 Å². The van der Waals surface area contributed by atoms with Crippen molar-refractivity contribution in [2.45, 2.75) is 57.5 Å². The lowest BCUT2D eigenvalue weighted by Crippen LogP contribution is -2.38. The Kier molecular flexibility index (Phi) is 4.39. The van der Waals surface area contributed by atoms with Crippen LogP contribution in [-0.4, -0.2) is 25.8 Å². The van der Waals surface area contributed by atoms with E-state index < -0.39 is 0 Å². The zero-order valence-electron chi connectivity index (χ0n) is 13.2. The number of nitrogens with zero attached hydrogens (tertiary/aromatic N) is 1. The molecular weight excluding hydrogens is 262 g/mol. The number of benzene rings is 1. The molecule has 0 aliphatic carbocycles. The second-order valence-electron chi connectivity index (χ2n) is 6.47. The average Bonchev–Trinajstić information content (AvgIpc) is 2.84. The van der Waals surface area contributed by atoms with Crippen molar-refractivity contribution in [2.75, 3.05) is 19.7 Å². The van der Waals surface area contributed by atoms with Crippen LogP contribution in [0.1, 0.15) is 51.5 Å². The molecule has 0 saturated carbocycles. The van der Waals surface area contributed by atoms with E-state index in [4.69, 9.17) is 9.47 Å². The highest BCUT2D eigenvalue weighted by Crippen LogP contribution is 2.46. The molecule has 0 N–H and O–H groups in total. The quantitative estimate of drug-likeness (QED) is 0.828. The van der Waals surface area contributed by atoms with E-state index in [1.54, 1.807) is 0 Å². The first kappa shape index (κ1) is 14.7. The molecule has 0 aromatic heterocycles. The molecule has 2 heterocycles. The van der Waals surface area contributed by atoms with Gasteiger partial charge in [0.1, 0.15) is 11.5 Å². The topological polar surface area (TPSA) is 32.6 Å². The third-order valence-electron chi connectivity index (χ3n) is 4.82. The number of unbranched alkanes of at least 4 members (excludes halogenated alkanes) is 1. The molecule has 115 valence electrons. The molecular formula is C18H26NO2. The highest BCUT2D eigenvalue weighted by Gasteiger charge is 2.42. The van der Waals surface area contributed by atoms with Crippen LogP contribution in [0.5, 0.6) is 11.5 Å². The van der Waals surface area contributed by atoms with Crippen molar-refractivity contribution in [2.24, 2.45) is 0 Å². The van der Waals surface area contributed by atoms with Gasteiger partial charge in [-0.2, -0.15) is 0 Å². The first-order valence-electron chi connectivity index (χ1n) is 8.31. The second kappa shape index (κ2) is 6.27. The minimum absolute atomic E-state index is 0.184. The van der Waals surface area contributed by atoms with Gasteiger partial charge < -0.3 is 9.47 Å².